The maximum absolute atomic E-state index is 11.0. The van der Waals surface area contributed by atoms with Gasteiger partial charge in [-0.15, -0.1) is 5.11 Å². The average molecular weight is 469 g/mol. The molecule has 3 heterocycles. The summed E-state index contributed by atoms with van der Waals surface area (Å²) in [6.45, 7) is 11.8. The summed E-state index contributed by atoms with van der Waals surface area (Å²) in [6, 6.07) is 12.1. The van der Waals surface area contributed by atoms with Crippen molar-refractivity contribution in [1.82, 2.24) is 10.2 Å². The van der Waals surface area contributed by atoms with Gasteiger partial charge >= 0.3 is 0 Å². The molecule has 0 spiro atoms. The van der Waals surface area contributed by atoms with Gasteiger partial charge in [-0.25, -0.2) is 0 Å². The normalized spacial score (nSPS) is 22.9. The van der Waals surface area contributed by atoms with Crippen LogP contribution in [0.5, 0.6) is 0 Å². The maximum Gasteiger partial charge on any atom is 0.272 e. The first-order valence-corrected chi connectivity index (χ1v) is 11.5. The topological polar surface area (TPSA) is 107 Å². The van der Waals surface area contributed by atoms with E-state index in [1.165, 1.54) is 56.4 Å². The second-order valence-corrected chi connectivity index (χ2v) is 9.14. The number of nitrogens with one attached hydrogen (secondary N) is 1. The van der Waals surface area contributed by atoms with Crippen LogP contribution in [0.15, 0.2) is 46.6 Å². The molecule has 172 valence electrons. The van der Waals surface area contributed by atoms with Gasteiger partial charge in [0.25, 0.3) is 5.69 Å². The average Bonchev–Trinajstić information content (AvgIpc) is 2.84. The van der Waals surface area contributed by atoms with E-state index in [1.54, 1.807) is 0 Å². The molecule has 1 unspecified atom stereocenters. The van der Waals surface area contributed by atoms with Gasteiger partial charge in [0.1, 0.15) is 11.8 Å². The molecule has 2 aromatic carbocycles. The van der Waals surface area contributed by atoms with Gasteiger partial charge in [-0.1, -0.05) is 23.7 Å². The zero-order valence-corrected chi connectivity index (χ0v) is 19.3. The second-order valence-electron chi connectivity index (χ2n) is 8.74. The number of piperazine rings is 3. The predicted octanol–water partition coefficient (Wildman–Crippen LogP) is 4.33. The molecular weight excluding hydrogens is 442 g/mol. The highest BCUT2D eigenvalue weighted by atomic mass is 35.5. The monoisotopic (exact) mass is 468 g/mol. The summed E-state index contributed by atoms with van der Waals surface area (Å²) in [4.78, 5) is 12.9. The van der Waals surface area contributed by atoms with Crippen LogP contribution in [-0.2, 0) is 0 Å². The summed E-state index contributed by atoms with van der Waals surface area (Å²) >= 11 is 6.10. The number of non-ortho nitro benzene ring substituents is 1. The Bertz CT molecular complexity index is 1080. The van der Waals surface area contributed by atoms with Crippen molar-refractivity contribution < 1.29 is 9.41 Å². The predicted molar refractivity (Wildman–Crippen MR) is 126 cm³/mol. The third-order valence-electron chi connectivity index (χ3n) is 6.75. The Morgan fingerprint density at radius 1 is 1.21 bits per heavy atom. The van der Waals surface area contributed by atoms with Gasteiger partial charge in [0.05, 0.1) is 47.4 Å². The molecule has 3 aliphatic rings. The van der Waals surface area contributed by atoms with E-state index in [-0.39, 0.29) is 28.0 Å². The first kappa shape index (κ1) is 23.3. The van der Waals surface area contributed by atoms with Gasteiger partial charge in [-0.05, 0) is 24.6 Å². The highest BCUT2D eigenvalue weighted by molar-refractivity contribution is 6.33. The van der Waals surface area contributed by atoms with Crippen molar-refractivity contribution >= 4 is 28.7 Å². The number of nitro benzene ring substituents is 1. The van der Waals surface area contributed by atoms with E-state index < -0.39 is 4.92 Å². The first-order valence-electron chi connectivity index (χ1n) is 11.1. The lowest BCUT2D eigenvalue weighted by Crippen LogP contribution is -2.68. The number of rotatable bonds is 8. The molecule has 1 atom stereocenters. The minimum atomic E-state index is -0.599. The summed E-state index contributed by atoms with van der Waals surface area (Å²) in [5.74, 6) is 0. The van der Waals surface area contributed by atoms with E-state index in [1.807, 2.05) is 30.3 Å². The van der Waals surface area contributed by atoms with Crippen LogP contribution < -0.4 is 5.32 Å². The Morgan fingerprint density at radius 2 is 1.88 bits per heavy atom. The van der Waals surface area contributed by atoms with Crippen LogP contribution in [-0.4, -0.2) is 66.7 Å². The molecule has 0 radical (unpaired) electrons. The third-order valence-corrected chi connectivity index (χ3v) is 7.03. The number of halogens is 1. The number of hydrogen-bond acceptors (Lipinski definition) is 7. The fraction of sp³-hybridized carbons (Fsp3) is 0.435. The summed E-state index contributed by atoms with van der Waals surface area (Å²) in [7, 11) is 0. The molecule has 3 aliphatic heterocycles. The van der Waals surface area contributed by atoms with Gasteiger partial charge in [0, 0.05) is 44.4 Å². The van der Waals surface area contributed by atoms with Crippen LogP contribution in [0.1, 0.15) is 24.1 Å². The summed E-state index contributed by atoms with van der Waals surface area (Å²) in [6.07, 6.45) is 0. The number of fused-ring (bicyclic) bond motifs is 3. The number of azo groups is 1. The minimum Gasteiger partial charge on any atom is -0.319 e. The quantitative estimate of drug-likeness (QED) is 0.268. The van der Waals surface area contributed by atoms with E-state index in [4.69, 9.17) is 11.6 Å². The van der Waals surface area contributed by atoms with Crippen molar-refractivity contribution in [3.8, 4) is 6.07 Å². The molecule has 0 aliphatic carbocycles. The molecule has 2 aromatic rings. The molecule has 1 N–H and O–H groups in total. The van der Waals surface area contributed by atoms with E-state index >= 15 is 0 Å². The van der Waals surface area contributed by atoms with E-state index in [0.717, 1.165) is 18.2 Å². The molecule has 0 amide bonds. The van der Waals surface area contributed by atoms with E-state index in [0.29, 0.717) is 5.69 Å². The Morgan fingerprint density at radius 3 is 2.48 bits per heavy atom. The Labute approximate surface area is 198 Å². The van der Waals surface area contributed by atoms with Gasteiger partial charge in [-0.3, -0.25) is 15.0 Å². The summed E-state index contributed by atoms with van der Waals surface area (Å²) < 4.78 is 1.24. The fourth-order valence-electron chi connectivity index (χ4n) is 4.52. The van der Waals surface area contributed by atoms with E-state index in [2.05, 4.69) is 27.4 Å². The first-order chi connectivity index (χ1) is 15.9. The van der Waals surface area contributed by atoms with Crippen molar-refractivity contribution in [2.24, 2.45) is 10.2 Å². The molecule has 0 saturated carbocycles. The van der Waals surface area contributed by atoms with Crippen LogP contribution in [0.3, 0.4) is 0 Å². The number of nitrogens with zero attached hydrogens (tertiary/aromatic N) is 6. The van der Waals surface area contributed by atoms with Crippen molar-refractivity contribution in [3.63, 3.8) is 0 Å². The number of benzene rings is 2. The molecule has 10 heteroatoms. The highest BCUT2D eigenvalue weighted by Gasteiger charge is 2.37. The van der Waals surface area contributed by atoms with Crippen molar-refractivity contribution in [2.45, 2.75) is 13.0 Å². The molecule has 9 nitrogen and oxygen atoms in total. The number of hydrogen-bond donors (Lipinski definition) is 1. The zero-order chi connectivity index (χ0) is 23.4. The number of nitro groups is 1. The van der Waals surface area contributed by atoms with Crippen LogP contribution >= 0.6 is 11.6 Å². The molecule has 2 bridgehead atoms. The second kappa shape index (κ2) is 9.93. The SMILES string of the molecule is CC(NCC[N+]12CCN(CC1)CC2)c1ccc(N=Nc2c(Cl)cc([N+](=O)[O-])cc2C#N)cc1. The van der Waals surface area contributed by atoms with Crippen molar-refractivity contribution in [3.05, 3.63) is 62.7 Å². The molecule has 3 fully saturated rings. The van der Waals surface area contributed by atoms with Gasteiger partial charge in [0.2, 0.25) is 0 Å². The molecular formula is C23H27ClN7O2+. The zero-order valence-electron chi connectivity index (χ0n) is 18.6. The molecule has 33 heavy (non-hydrogen) atoms. The van der Waals surface area contributed by atoms with Crippen LogP contribution in [0, 0.1) is 21.4 Å². The number of quaternary nitrogens is 1. The van der Waals surface area contributed by atoms with E-state index in [9.17, 15) is 15.4 Å². The largest absolute Gasteiger partial charge is 0.319 e. The lowest BCUT2D eigenvalue weighted by molar-refractivity contribution is -0.939. The maximum atomic E-state index is 11.0. The highest BCUT2D eigenvalue weighted by Crippen LogP contribution is 2.34. The summed E-state index contributed by atoms with van der Waals surface area (Å²) in [5, 5.41) is 32.1. The molecule has 0 aromatic heterocycles. The van der Waals surface area contributed by atoms with Crippen LogP contribution in [0.4, 0.5) is 17.1 Å². The molecule has 3 saturated heterocycles. The number of nitriles is 1. The Balaban J connectivity index is 1.36. The summed E-state index contributed by atoms with van der Waals surface area (Å²) in [5.41, 5.74) is 1.63. The van der Waals surface area contributed by atoms with Crippen LogP contribution in [0.2, 0.25) is 5.02 Å². The fourth-order valence-corrected chi connectivity index (χ4v) is 4.77. The Hall–Kier alpha value is -2.90. The van der Waals surface area contributed by atoms with Crippen LogP contribution in [0.25, 0.3) is 0 Å². The van der Waals surface area contributed by atoms with Gasteiger partial charge in [-0.2, -0.15) is 10.4 Å². The Kier molecular flexibility index (Phi) is 7.00. The van der Waals surface area contributed by atoms with Gasteiger partial charge < -0.3 is 9.80 Å². The van der Waals surface area contributed by atoms with Crippen molar-refractivity contribution in [2.75, 3.05) is 52.4 Å². The van der Waals surface area contributed by atoms with Crippen molar-refractivity contribution in [1.29, 1.82) is 5.26 Å². The standard InChI is InChI=1S/C23H27ClN7O2/c1-17(26-6-10-31-11-7-29(8-12-31)9-13-31)18-2-4-20(5-3-18)27-28-23-19(16-25)14-21(30(32)33)15-22(23)24/h2-5,14-15,17,26H,6-13H2,1H3/q+1. The smallest absolute Gasteiger partial charge is 0.272 e. The van der Waals surface area contributed by atoms with Gasteiger partial charge in [0.15, 0.2) is 0 Å². The minimum absolute atomic E-state index is 0.00824. The molecule has 5 rings (SSSR count). The lowest BCUT2D eigenvalue weighted by Gasteiger charge is -2.50. The lowest BCUT2D eigenvalue weighted by atomic mass is 10.1. The third kappa shape index (κ3) is 5.37.